The Kier molecular flexibility index (Phi) is 4.08. The SMILES string of the molecule is CN(C)S(=O)(=O)c1c(N)nsc1NCC(F)(F)F. The second-order valence-electron chi connectivity index (χ2n) is 3.48. The molecule has 104 valence electrons. The molecule has 1 aromatic heterocycles. The summed E-state index contributed by atoms with van der Waals surface area (Å²) < 4.78 is 64.3. The van der Waals surface area contributed by atoms with Gasteiger partial charge in [-0.3, -0.25) is 0 Å². The molecule has 0 saturated carbocycles. The third-order valence-corrected chi connectivity index (χ3v) is 4.70. The Morgan fingerprint density at radius 2 is 2.00 bits per heavy atom. The van der Waals surface area contributed by atoms with Gasteiger partial charge in [0.15, 0.2) is 10.7 Å². The van der Waals surface area contributed by atoms with Crippen molar-refractivity contribution >= 4 is 32.4 Å². The second-order valence-corrected chi connectivity index (χ2v) is 6.34. The molecule has 0 aliphatic carbocycles. The van der Waals surface area contributed by atoms with Gasteiger partial charge in [0.25, 0.3) is 0 Å². The van der Waals surface area contributed by atoms with E-state index in [-0.39, 0.29) is 10.8 Å². The standard InChI is InChI=1S/C7H11F3N4O2S2/c1-14(2)18(15,16)4-5(11)13-17-6(4)12-3-7(8,9)10/h12H,3H2,1-2H3,(H2,11,13). The zero-order valence-electron chi connectivity index (χ0n) is 9.45. The van der Waals surface area contributed by atoms with Gasteiger partial charge in [0.1, 0.15) is 11.5 Å². The van der Waals surface area contributed by atoms with Gasteiger partial charge < -0.3 is 11.1 Å². The highest BCUT2D eigenvalue weighted by Gasteiger charge is 2.31. The van der Waals surface area contributed by atoms with Crippen molar-refractivity contribution in [3.8, 4) is 0 Å². The predicted octanol–water partition coefficient (Wildman–Crippen LogP) is 0.950. The van der Waals surface area contributed by atoms with Crippen LogP contribution >= 0.6 is 11.5 Å². The molecule has 0 atom stereocenters. The summed E-state index contributed by atoms with van der Waals surface area (Å²) in [6, 6.07) is 0. The van der Waals surface area contributed by atoms with Gasteiger partial charge in [-0.2, -0.15) is 17.5 Å². The van der Waals surface area contributed by atoms with E-state index in [0.717, 1.165) is 4.31 Å². The molecule has 0 amide bonds. The fourth-order valence-corrected chi connectivity index (χ4v) is 3.09. The number of nitrogens with two attached hydrogens (primary N) is 1. The normalized spacial score (nSPS) is 13.0. The smallest absolute Gasteiger partial charge is 0.382 e. The Morgan fingerprint density at radius 3 is 2.44 bits per heavy atom. The molecule has 0 saturated heterocycles. The number of nitrogens with one attached hydrogen (secondary N) is 1. The molecule has 11 heteroatoms. The molecule has 1 rings (SSSR count). The predicted molar refractivity (Wildman–Crippen MR) is 61.9 cm³/mol. The van der Waals surface area contributed by atoms with Gasteiger partial charge in [-0.05, 0) is 11.5 Å². The van der Waals surface area contributed by atoms with Gasteiger partial charge in [-0.15, -0.1) is 0 Å². The molecule has 0 radical (unpaired) electrons. The number of nitrogen functional groups attached to an aromatic ring is 1. The number of aromatic nitrogens is 1. The van der Waals surface area contributed by atoms with Crippen LogP contribution in [0.15, 0.2) is 4.90 Å². The minimum atomic E-state index is -4.46. The van der Waals surface area contributed by atoms with Crippen molar-refractivity contribution in [1.29, 1.82) is 0 Å². The monoisotopic (exact) mass is 304 g/mol. The third-order valence-electron chi connectivity index (χ3n) is 1.86. The van der Waals surface area contributed by atoms with E-state index in [1.807, 2.05) is 5.32 Å². The van der Waals surface area contributed by atoms with E-state index < -0.39 is 27.6 Å². The Labute approximate surface area is 106 Å². The summed E-state index contributed by atoms with van der Waals surface area (Å²) in [6.07, 6.45) is -4.46. The number of nitrogens with zero attached hydrogens (tertiary/aromatic N) is 2. The lowest BCUT2D eigenvalue weighted by molar-refractivity contribution is -0.115. The van der Waals surface area contributed by atoms with Crippen LogP contribution in [-0.4, -0.2) is 43.9 Å². The van der Waals surface area contributed by atoms with Crippen LogP contribution in [0.5, 0.6) is 0 Å². The Hall–Kier alpha value is -1.07. The first-order chi connectivity index (χ1) is 8.05. The molecule has 6 nitrogen and oxygen atoms in total. The van der Waals surface area contributed by atoms with E-state index >= 15 is 0 Å². The van der Waals surface area contributed by atoms with Crippen LogP contribution < -0.4 is 11.1 Å². The van der Waals surface area contributed by atoms with E-state index in [2.05, 4.69) is 4.37 Å². The van der Waals surface area contributed by atoms with Crippen molar-refractivity contribution in [3.63, 3.8) is 0 Å². The van der Waals surface area contributed by atoms with Gasteiger partial charge in [-0.25, -0.2) is 12.7 Å². The van der Waals surface area contributed by atoms with Crippen molar-refractivity contribution in [3.05, 3.63) is 0 Å². The van der Waals surface area contributed by atoms with Crippen molar-refractivity contribution in [2.75, 3.05) is 31.7 Å². The highest BCUT2D eigenvalue weighted by Crippen LogP contribution is 2.33. The Morgan fingerprint density at radius 1 is 1.44 bits per heavy atom. The first-order valence-corrected chi connectivity index (χ1v) is 6.75. The highest BCUT2D eigenvalue weighted by molar-refractivity contribution is 7.89. The molecule has 1 heterocycles. The number of halogens is 3. The Balaban J connectivity index is 3.11. The maximum atomic E-state index is 12.1. The van der Waals surface area contributed by atoms with Crippen LogP contribution in [0.2, 0.25) is 0 Å². The summed E-state index contributed by atoms with van der Waals surface area (Å²) in [5.41, 5.74) is 5.38. The van der Waals surface area contributed by atoms with Gasteiger partial charge in [0.05, 0.1) is 0 Å². The lowest BCUT2D eigenvalue weighted by Gasteiger charge is -2.13. The van der Waals surface area contributed by atoms with E-state index in [1.165, 1.54) is 14.1 Å². The lowest BCUT2D eigenvalue weighted by atomic mass is 10.5. The largest absolute Gasteiger partial charge is 0.405 e. The van der Waals surface area contributed by atoms with Gasteiger partial charge in [0.2, 0.25) is 10.0 Å². The van der Waals surface area contributed by atoms with E-state index in [4.69, 9.17) is 5.73 Å². The molecule has 3 N–H and O–H groups in total. The molecular formula is C7H11F3N4O2S2. The number of hydrogen-bond donors (Lipinski definition) is 2. The van der Waals surface area contributed by atoms with Crippen molar-refractivity contribution in [1.82, 2.24) is 8.68 Å². The first-order valence-electron chi connectivity index (χ1n) is 4.54. The maximum absolute atomic E-state index is 12.1. The summed E-state index contributed by atoms with van der Waals surface area (Å²) in [5.74, 6) is -0.321. The molecule has 0 aliphatic rings. The molecule has 18 heavy (non-hydrogen) atoms. The van der Waals surface area contributed by atoms with Gasteiger partial charge in [0, 0.05) is 14.1 Å². The Bertz CT molecular complexity index is 523. The number of sulfonamides is 1. The summed E-state index contributed by atoms with van der Waals surface area (Å²) in [6.45, 7) is -1.36. The van der Waals surface area contributed by atoms with Crippen LogP contribution in [0.25, 0.3) is 0 Å². The van der Waals surface area contributed by atoms with E-state index in [1.54, 1.807) is 0 Å². The average Bonchev–Trinajstić information content (AvgIpc) is 2.55. The molecule has 0 aromatic carbocycles. The van der Waals surface area contributed by atoms with Crippen LogP contribution in [0.1, 0.15) is 0 Å². The summed E-state index contributed by atoms with van der Waals surface area (Å²) >= 11 is 0.569. The van der Waals surface area contributed by atoms with Crippen LogP contribution in [0.3, 0.4) is 0 Å². The summed E-state index contributed by atoms with van der Waals surface area (Å²) in [4.78, 5) is -0.429. The maximum Gasteiger partial charge on any atom is 0.405 e. The highest BCUT2D eigenvalue weighted by atomic mass is 32.2. The fraction of sp³-hybridized carbons (Fsp3) is 0.571. The minimum Gasteiger partial charge on any atom is -0.382 e. The average molecular weight is 304 g/mol. The molecule has 0 fully saturated rings. The molecular weight excluding hydrogens is 293 g/mol. The van der Waals surface area contributed by atoms with E-state index in [9.17, 15) is 21.6 Å². The quantitative estimate of drug-likeness (QED) is 0.864. The van der Waals surface area contributed by atoms with E-state index in [0.29, 0.717) is 11.5 Å². The zero-order valence-corrected chi connectivity index (χ0v) is 11.1. The number of hydrogen-bond acceptors (Lipinski definition) is 6. The molecule has 0 spiro atoms. The number of rotatable bonds is 4. The van der Waals surface area contributed by atoms with Crippen molar-refractivity contribution in [2.45, 2.75) is 11.1 Å². The van der Waals surface area contributed by atoms with Crippen molar-refractivity contribution < 1.29 is 21.6 Å². The number of anilines is 2. The van der Waals surface area contributed by atoms with Gasteiger partial charge in [-0.1, -0.05) is 0 Å². The number of alkyl halides is 3. The zero-order chi connectivity index (χ0) is 14.1. The summed E-state index contributed by atoms with van der Waals surface area (Å²) in [7, 11) is -1.44. The topological polar surface area (TPSA) is 88.3 Å². The van der Waals surface area contributed by atoms with Crippen LogP contribution in [0, 0.1) is 0 Å². The molecule has 0 unspecified atom stereocenters. The van der Waals surface area contributed by atoms with Crippen LogP contribution in [0.4, 0.5) is 24.0 Å². The minimum absolute atomic E-state index is 0.224. The molecule has 0 bridgehead atoms. The molecule has 1 aromatic rings. The fourth-order valence-electron chi connectivity index (χ4n) is 1.02. The van der Waals surface area contributed by atoms with Gasteiger partial charge >= 0.3 is 6.18 Å². The lowest BCUT2D eigenvalue weighted by Crippen LogP contribution is -2.25. The van der Waals surface area contributed by atoms with Crippen molar-refractivity contribution in [2.24, 2.45) is 0 Å². The van der Waals surface area contributed by atoms with Crippen LogP contribution in [-0.2, 0) is 10.0 Å². The first kappa shape index (κ1) is 15.0. The summed E-state index contributed by atoms with van der Waals surface area (Å²) in [5, 5.41) is 1.76. The molecule has 0 aliphatic heterocycles. The second kappa shape index (κ2) is 4.90. The third kappa shape index (κ3) is 3.23.